The molecule has 0 atom stereocenters. The Morgan fingerprint density at radius 3 is 3.00 bits per heavy atom. The minimum atomic E-state index is 0.596. The number of H-pyrrole nitrogens is 1. The van der Waals surface area contributed by atoms with Crippen LogP contribution in [0.2, 0.25) is 0 Å². The minimum absolute atomic E-state index is 0.596. The number of fused-ring (bicyclic) bond motifs is 1. The zero-order valence-corrected chi connectivity index (χ0v) is 8.26. The molecule has 0 aliphatic rings. The van der Waals surface area contributed by atoms with Crippen molar-refractivity contribution in [1.82, 2.24) is 9.97 Å². The summed E-state index contributed by atoms with van der Waals surface area (Å²) in [6.07, 6.45) is 2.72. The molecule has 3 nitrogen and oxygen atoms in total. The number of nitriles is 1. The molecule has 0 spiro atoms. The third-order valence-electron chi connectivity index (χ3n) is 2.49. The summed E-state index contributed by atoms with van der Waals surface area (Å²) in [4.78, 5) is 7.35. The number of nitrogens with zero attached hydrogens (tertiary/aromatic N) is 2. The molecular formula is C11H11N3. The second kappa shape index (κ2) is 3.15. The second-order valence-corrected chi connectivity index (χ2v) is 3.31. The number of rotatable bonds is 1. The van der Waals surface area contributed by atoms with Crippen molar-refractivity contribution in [2.75, 3.05) is 0 Å². The topological polar surface area (TPSA) is 52.5 Å². The van der Waals surface area contributed by atoms with E-state index < -0.39 is 0 Å². The fourth-order valence-corrected chi connectivity index (χ4v) is 1.69. The molecule has 0 unspecified atom stereocenters. The maximum absolute atomic E-state index is 8.75. The van der Waals surface area contributed by atoms with Crippen molar-refractivity contribution in [3.63, 3.8) is 0 Å². The highest BCUT2D eigenvalue weighted by Gasteiger charge is 2.06. The predicted octanol–water partition coefficient (Wildman–Crippen LogP) is 2.31. The van der Waals surface area contributed by atoms with Crippen LogP contribution in [0.4, 0.5) is 0 Å². The van der Waals surface area contributed by atoms with Crippen LogP contribution in [0.3, 0.4) is 0 Å². The van der Waals surface area contributed by atoms with Gasteiger partial charge in [0.05, 0.1) is 11.7 Å². The summed E-state index contributed by atoms with van der Waals surface area (Å²) in [5.74, 6) is 0. The van der Waals surface area contributed by atoms with E-state index in [-0.39, 0.29) is 0 Å². The van der Waals surface area contributed by atoms with Gasteiger partial charge in [-0.1, -0.05) is 6.92 Å². The molecule has 2 aromatic heterocycles. The van der Waals surface area contributed by atoms with Crippen molar-refractivity contribution in [1.29, 1.82) is 5.26 Å². The van der Waals surface area contributed by atoms with Gasteiger partial charge in [0.1, 0.15) is 11.8 Å². The molecule has 0 saturated heterocycles. The average molecular weight is 185 g/mol. The van der Waals surface area contributed by atoms with E-state index in [0.29, 0.717) is 5.69 Å². The molecule has 0 saturated carbocycles. The number of aryl methyl sites for hydroxylation is 2. The first-order chi connectivity index (χ1) is 6.76. The normalized spacial score (nSPS) is 10.4. The Morgan fingerprint density at radius 2 is 2.36 bits per heavy atom. The average Bonchev–Trinajstić information content (AvgIpc) is 2.62. The summed E-state index contributed by atoms with van der Waals surface area (Å²) in [6, 6.07) is 3.98. The lowest BCUT2D eigenvalue weighted by Gasteiger charge is -2.01. The summed E-state index contributed by atoms with van der Waals surface area (Å²) in [6.45, 7) is 4.13. The maximum atomic E-state index is 8.75. The first-order valence-electron chi connectivity index (χ1n) is 4.63. The lowest BCUT2D eigenvalue weighted by molar-refractivity contribution is 1.02. The highest BCUT2D eigenvalue weighted by Crippen LogP contribution is 2.20. The van der Waals surface area contributed by atoms with Gasteiger partial charge in [-0.25, -0.2) is 0 Å². The van der Waals surface area contributed by atoms with Crippen LogP contribution in [0.15, 0.2) is 12.3 Å². The first-order valence-corrected chi connectivity index (χ1v) is 4.63. The Morgan fingerprint density at radius 1 is 1.57 bits per heavy atom. The van der Waals surface area contributed by atoms with Gasteiger partial charge in [0, 0.05) is 11.1 Å². The first kappa shape index (κ1) is 8.76. The highest BCUT2D eigenvalue weighted by molar-refractivity contribution is 5.84. The van der Waals surface area contributed by atoms with Crippen LogP contribution in [0.25, 0.3) is 10.9 Å². The smallest absolute Gasteiger partial charge is 0.118 e. The fourth-order valence-electron chi connectivity index (χ4n) is 1.69. The quantitative estimate of drug-likeness (QED) is 0.741. The Hall–Kier alpha value is -1.82. The molecular weight excluding hydrogens is 174 g/mol. The summed E-state index contributed by atoms with van der Waals surface area (Å²) in [5, 5.41) is 9.86. The Bertz CT molecular complexity index is 517. The SMILES string of the molecule is CCc1ncc2[nH]c(C#N)cc2c1C. The van der Waals surface area contributed by atoms with Gasteiger partial charge in [0.25, 0.3) is 0 Å². The third-order valence-corrected chi connectivity index (χ3v) is 2.49. The number of aromatic nitrogens is 2. The summed E-state index contributed by atoms with van der Waals surface area (Å²) in [7, 11) is 0. The minimum Gasteiger partial charge on any atom is -0.345 e. The van der Waals surface area contributed by atoms with Gasteiger partial charge in [0.2, 0.25) is 0 Å². The molecule has 0 radical (unpaired) electrons. The number of hydrogen-bond acceptors (Lipinski definition) is 2. The fraction of sp³-hybridized carbons (Fsp3) is 0.273. The van der Waals surface area contributed by atoms with E-state index in [2.05, 4.69) is 23.0 Å². The standard InChI is InChI=1S/C11H11N3/c1-3-10-7(2)9-4-8(5-12)14-11(9)6-13-10/h4,6,14H,3H2,1-2H3. The molecule has 14 heavy (non-hydrogen) atoms. The zero-order valence-electron chi connectivity index (χ0n) is 8.26. The van der Waals surface area contributed by atoms with E-state index >= 15 is 0 Å². The van der Waals surface area contributed by atoms with E-state index in [4.69, 9.17) is 5.26 Å². The van der Waals surface area contributed by atoms with Gasteiger partial charge in [-0.2, -0.15) is 5.26 Å². The molecule has 0 fully saturated rings. The Labute approximate surface area is 82.4 Å². The van der Waals surface area contributed by atoms with Gasteiger partial charge < -0.3 is 4.98 Å². The molecule has 0 aromatic carbocycles. The van der Waals surface area contributed by atoms with E-state index in [9.17, 15) is 0 Å². The predicted molar refractivity (Wildman–Crippen MR) is 54.9 cm³/mol. The maximum Gasteiger partial charge on any atom is 0.118 e. The molecule has 0 amide bonds. The molecule has 70 valence electrons. The summed E-state index contributed by atoms with van der Waals surface area (Å²) < 4.78 is 0. The monoisotopic (exact) mass is 185 g/mol. The van der Waals surface area contributed by atoms with E-state index in [1.807, 2.05) is 13.0 Å². The molecule has 3 heteroatoms. The summed E-state index contributed by atoms with van der Waals surface area (Å²) >= 11 is 0. The second-order valence-electron chi connectivity index (χ2n) is 3.31. The molecule has 0 bridgehead atoms. The largest absolute Gasteiger partial charge is 0.345 e. The van der Waals surface area contributed by atoms with Gasteiger partial charge in [-0.05, 0) is 25.0 Å². The van der Waals surface area contributed by atoms with Crippen molar-refractivity contribution in [3.05, 3.63) is 29.2 Å². The summed E-state index contributed by atoms with van der Waals surface area (Å²) in [5.41, 5.74) is 3.80. The van der Waals surface area contributed by atoms with Crippen LogP contribution in [0.1, 0.15) is 23.9 Å². The third kappa shape index (κ3) is 1.16. The Kier molecular flexibility index (Phi) is 1.97. The van der Waals surface area contributed by atoms with Gasteiger partial charge in [0.15, 0.2) is 0 Å². The molecule has 2 heterocycles. The van der Waals surface area contributed by atoms with E-state index in [1.54, 1.807) is 6.20 Å². The zero-order chi connectivity index (χ0) is 10.1. The van der Waals surface area contributed by atoms with Crippen LogP contribution in [0, 0.1) is 18.3 Å². The van der Waals surface area contributed by atoms with Crippen LogP contribution in [-0.4, -0.2) is 9.97 Å². The molecule has 0 aliphatic carbocycles. The molecule has 0 aliphatic heterocycles. The molecule has 1 N–H and O–H groups in total. The van der Waals surface area contributed by atoms with E-state index in [1.165, 1.54) is 5.56 Å². The highest BCUT2D eigenvalue weighted by atomic mass is 14.8. The van der Waals surface area contributed by atoms with Crippen molar-refractivity contribution in [3.8, 4) is 6.07 Å². The van der Waals surface area contributed by atoms with Gasteiger partial charge >= 0.3 is 0 Å². The van der Waals surface area contributed by atoms with Crippen LogP contribution in [-0.2, 0) is 6.42 Å². The van der Waals surface area contributed by atoms with Crippen LogP contribution >= 0.6 is 0 Å². The van der Waals surface area contributed by atoms with Crippen molar-refractivity contribution >= 4 is 10.9 Å². The number of aromatic amines is 1. The van der Waals surface area contributed by atoms with Crippen LogP contribution in [0.5, 0.6) is 0 Å². The number of nitrogens with one attached hydrogen (secondary N) is 1. The molecule has 2 rings (SSSR count). The van der Waals surface area contributed by atoms with Gasteiger partial charge in [-0.15, -0.1) is 0 Å². The van der Waals surface area contributed by atoms with Crippen LogP contribution < -0.4 is 0 Å². The lowest BCUT2D eigenvalue weighted by atomic mass is 10.1. The van der Waals surface area contributed by atoms with Crippen molar-refractivity contribution in [2.24, 2.45) is 0 Å². The number of hydrogen-bond donors (Lipinski definition) is 1. The lowest BCUT2D eigenvalue weighted by Crippen LogP contribution is -1.91. The van der Waals surface area contributed by atoms with Crippen molar-refractivity contribution in [2.45, 2.75) is 20.3 Å². The van der Waals surface area contributed by atoms with Crippen molar-refractivity contribution < 1.29 is 0 Å². The van der Waals surface area contributed by atoms with Gasteiger partial charge in [-0.3, -0.25) is 4.98 Å². The Balaban J connectivity index is 2.76. The molecule has 2 aromatic rings. The number of pyridine rings is 1. The van der Waals surface area contributed by atoms with E-state index in [0.717, 1.165) is 23.0 Å².